The van der Waals surface area contributed by atoms with Crippen LogP contribution in [0.4, 0.5) is 13.2 Å². The van der Waals surface area contributed by atoms with E-state index in [1.54, 1.807) is 36.6 Å². The van der Waals surface area contributed by atoms with E-state index >= 15 is 0 Å². The Morgan fingerprint density at radius 2 is 1.66 bits per heavy atom. The second-order valence-electron chi connectivity index (χ2n) is 7.47. The normalized spacial score (nSPS) is 11.5. The Bertz CT molecular complexity index is 1340. The number of rotatable bonds is 6. The van der Waals surface area contributed by atoms with Gasteiger partial charge in [-0.3, -0.25) is 0 Å². The first kappa shape index (κ1) is 20.1. The predicted octanol–water partition coefficient (Wildman–Crippen LogP) is 6.30. The highest BCUT2D eigenvalue weighted by Gasteiger charge is 2.16. The third-order valence-electron chi connectivity index (χ3n) is 5.24. The van der Waals surface area contributed by atoms with E-state index in [9.17, 15) is 13.2 Å². The fourth-order valence-electron chi connectivity index (χ4n) is 3.74. The number of halogens is 3. The molecule has 1 aromatic heterocycles. The lowest BCUT2D eigenvalue weighted by molar-refractivity contribution is 0.149. The monoisotopic (exact) mass is 433 g/mol. The molecule has 32 heavy (non-hydrogen) atoms. The second kappa shape index (κ2) is 8.34. The lowest BCUT2D eigenvalue weighted by Gasteiger charge is -2.07. The molecule has 0 bridgehead atoms. The van der Waals surface area contributed by atoms with Crippen molar-refractivity contribution < 1.29 is 17.6 Å². The van der Waals surface area contributed by atoms with Gasteiger partial charge in [-0.2, -0.15) is 0 Å². The molecule has 0 N–H and O–H groups in total. The molecule has 7 heteroatoms. The van der Waals surface area contributed by atoms with Gasteiger partial charge in [0.1, 0.15) is 17.3 Å². The maximum absolute atomic E-state index is 14.1. The molecule has 0 atom stereocenters. The lowest BCUT2D eigenvalue weighted by atomic mass is 10.00. The van der Waals surface area contributed by atoms with Crippen LogP contribution in [0.5, 0.6) is 0 Å². The van der Waals surface area contributed by atoms with Crippen molar-refractivity contribution in [3.8, 4) is 33.9 Å². The summed E-state index contributed by atoms with van der Waals surface area (Å²) < 4.78 is 47.5. The van der Waals surface area contributed by atoms with E-state index in [1.165, 1.54) is 6.07 Å². The lowest BCUT2D eigenvalue weighted by Crippen LogP contribution is -2.00. The fraction of sp³-hybridized carbons (Fsp3) is 0.120. The minimum atomic E-state index is -2.41. The Morgan fingerprint density at radius 3 is 2.47 bits per heavy atom. The summed E-state index contributed by atoms with van der Waals surface area (Å²) in [6, 6.07) is 17.2. The Morgan fingerprint density at radius 1 is 0.906 bits per heavy atom. The van der Waals surface area contributed by atoms with Crippen LogP contribution >= 0.6 is 0 Å². The van der Waals surface area contributed by atoms with E-state index in [0.717, 1.165) is 11.1 Å². The number of furan rings is 1. The van der Waals surface area contributed by atoms with Crippen LogP contribution in [0, 0.1) is 5.82 Å². The smallest absolute Gasteiger partial charge is 0.242 e. The van der Waals surface area contributed by atoms with Crippen molar-refractivity contribution in [2.45, 2.75) is 19.4 Å². The molecular weight excluding hydrogens is 415 g/mol. The van der Waals surface area contributed by atoms with Crippen molar-refractivity contribution >= 4 is 0 Å². The van der Waals surface area contributed by atoms with Crippen molar-refractivity contribution in [2.24, 2.45) is 0 Å². The van der Waals surface area contributed by atoms with Crippen LogP contribution in [-0.4, -0.2) is 21.0 Å². The molecule has 2 aromatic carbocycles. The largest absolute Gasteiger partial charge is 0.467 e. The van der Waals surface area contributed by atoms with Crippen molar-refractivity contribution in [1.29, 1.82) is 0 Å². The molecule has 0 radical (unpaired) electrons. The molecule has 0 fully saturated rings. The van der Waals surface area contributed by atoms with Gasteiger partial charge in [-0.1, -0.05) is 36.4 Å². The molecule has 3 aromatic rings. The summed E-state index contributed by atoms with van der Waals surface area (Å²) in [5.41, 5.74) is 3.73. The van der Waals surface area contributed by atoms with Crippen molar-refractivity contribution in [3.63, 3.8) is 0 Å². The number of benzene rings is 2. The van der Waals surface area contributed by atoms with Crippen LogP contribution in [0.2, 0.25) is 0 Å². The molecule has 0 saturated carbocycles. The maximum Gasteiger partial charge on any atom is 0.242 e. The van der Waals surface area contributed by atoms with Gasteiger partial charge in [-0.05, 0) is 35.4 Å². The number of hydrogen-bond acceptors (Lipinski definition) is 3. The van der Waals surface area contributed by atoms with Gasteiger partial charge >= 0.3 is 0 Å². The Kier molecular flexibility index (Phi) is 5.23. The molecule has 0 unspecified atom stereocenters. The zero-order valence-corrected chi connectivity index (χ0v) is 16.9. The SMILES string of the molecule is Fc1ccccc1-c1nc2ccn(Cc3cc(-c4ccccc4CC(F)F)co3)cc-2n1. The number of aromatic nitrogens is 3. The van der Waals surface area contributed by atoms with Crippen LogP contribution in [0.3, 0.4) is 0 Å². The summed E-state index contributed by atoms with van der Waals surface area (Å²) in [7, 11) is 0. The summed E-state index contributed by atoms with van der Waals surface area (Å²) in [4.78, 5) is 8.88. The topological polar surface area (TPSA) is 43.9 Å². The Balaban J connectivity index is 1.40. The number of alkyl halides is 2. The first-order valence-corrected chi connectivity index (χ1v) is 10.1. The number of hydrogen-bond donors (Lipinski definition) is 0. The summed E-state index contributed by atoms with van der Waals surface area (Å²) >= 11 is 0. The first-order valence-electron chi connectivity index (χ1n) is 10.1. The molecule has 4 nitrogen and oxygen atoms in total. The van der Waals surface area contributed by atoms with E-state index in [4.69, 9.17) is 4.42 Å². The van der Waals surface area contributed by atoms with Crippen LogP contribution in [0.25, 0.3) is 33.9 Å². The van der Waals surface area contributed by atoms with Gasteiger partial charge in [-0.15, -0.1) is 0 Å². The molecule has 2 aliphatic rings. The molecule has 0 saturated heterocycles. The molecule has 160 valence electrons. The van der Waals surface area contributed by atoms with Gasteiger partial charge < -0.3 is 8.98 Å². The highest BCUT2D eigenvalue weighted by Crippen LogP contribution is 2.29. The standard InChI is InChI=1S/C25H18F3N3O/c26-21-8-4-3-7-20(21)25-29-22-9-10-31(14-23(22)30-25)13-18-11-17(15-32-18)19-6-2-1-5-16(19)12-24(27)28/h1-11,14-15,24H,12-13H2. The van der Waals surface area contributed by atoms with Crippen LogP contribution < -0.4 is 0 Å². The van der Waals surface area contributed by atoms with E-state index in [-0.39, 0.29) is 12.2 Å². The van der Waals surface area contributed by atoms with Crippen LogP contribution in [0.15, 0.2) is 83.7 Å². The van der Waals surface area contributed by atoms with Crippen molar-refractivity contribution in [3.05, 3.63) is 96.5 Å². The van der Waals surface area contributed by atoms with Gasteiger partial charge in [0.15, 0.2) is 5.82 Å². The van der Waals surface area contributed by atoms with Gasteiger partial charge in [-0.25, -0.2) is 23.1 Å². The van der Waals surface area contributed by atoms with E-state index < -0.39 is 6.43 Å². The molecule has 0 aliphatic carbocycles. The number of fused-ring (bicyclic) bond motifs is 1. The van der Waals surface area contributed by atoms with Crippen LogP contribution in [-0.2, 0) is 13.0 Å². The maximum atomic E-state index is 14.1. The molecular formula is C25H18F3N3O. The molecule has 3 heterocycles. The van der Waals surface area contributed by atoms with E-state index in [1.807, 2.05) is 41.2 Å². The van der Waals surface area contributed by atoms with Crippen molar-refractivity contribution in [1.82, 2.24) is 14.5 Å². The van der Waals surface area contributed by atoms with Crippen LogP contribution in [0.1, 0.15) is 11.3 Å². The highest BCUT2D eigenvalue weighted by atomic mass is 19.3. The van der Waals surface area contributed by atoms with Crippen molar-refractivity contribution in [2.75, 3.05) is 0 Å². The van der Waals surface area contributed by atoms with Gasteiger partial charge in [0, 0.05) is 24.4 Å². The number of pyridine rings is 1. The third kappa shape index (κ3) is 4.01. The summed E-state index contributed by atoms with van der Waals surface area (Å²) in [6.45, 7) is 0.425. The first-order chi connectivity index (χ1) is 15.6. The zero-order chi connectivity index (χ0) is 22.1. The van der Waals surface area contributed by atoms with E-state index in [0.29, 0.717) is 40.6 Å². The average Bonchev–Trinajstić information content (AvgIpc) is 3.41. The zero-order valence-electron chi connectivity index (χ0n) is 16.9. The third-order valence-corrected chi connectivity index (χ3v) is 5.24. The minimum Gasteiger partial charge on any atom is -0.467 e. The van der Waals surface area contributed by atoms with Gasteiger partial charge in [0.2, 0.25) is 6.43 Å². The Hall–Kier alpha value is -3.87. The summed E-state index contributed by atoms with van der Waals surface area (Å²) in [5, 5.41) is 0. The highest BCUT2D eigenvalue weighted by molar-refractivity contribution is 5.67. The molecule has 2 aliphatic heterocycles. The number of imidazole rings is 1. The predicted molar refractivity (Wildman–Crippen MR) is 115 cm³/mol. The van der Waals surface area contributed by atoms with E-state index in [2.05, 4.69) is 9.97 Å². The quantitative estimate of drug-likeness (QED) is 0.315. The van der Waals surface area contributed by atoms with Gasteiger partial charge in [0.25, 0.3) is 0 Å². The summed E-state index contributed by atoms with van der Waals surface area (Å²) in [6.07, 6.45) is 2.53. The molecule has 0 spiro atoms. The number of nitrogens with zero attached hydrogens (tertiary/aromatic N) is 3. The fourth-order valence-corrected chi connectivity index (χ4v) is 3.74. The molecule has 0 amide bonds. The second-order valence-corrected chi connectivity index (χ2v) is 7.47. The van der Waals surface area contributed by atoms with Gasteiger partial charge in [0.05, 0.1) is 24.1 Å². The minimum absolute atomic E-state index is 0.303. The molecule has 5 rings (SSSR count). The Labute approximate surface area is 182 Å². The summed E-state index contributed by atoms with van der Waals surface area (Å²) in [5.74, 6) is 0.641. The average molecular weight is 433 g/mol.